The van der Waals surface area contributed by atoms with Crippen molar-refractivity contribution in [1.82, 2.24) is 10.4 Å². The first kappa shape index (κ1) is 14.3. The van der Waals surface area contributed by atoms with Gasteiger partial charge in [-0.1, -0.05) is 18.6 Å². The molecule has 0 bridgehead atoms. The van der Waals surface area contributed by atoms with Crippen LogP contribution in [0.5, 0.6) is 0 Å². The van der Waals surface area contributed by atoms with Gasteiger partial charge in [-0.3, -0.25) is 5.43 Å². The zero-order chi connectivity index (χ0) is 13.8. The van der Waals surface area contributed by atoms with Crippen molar-refractivity contribution in [3.8, 4) is 0 Å². The van der Waals surface area contributed by atoms with E-state index < -0.39 is 0 Å². The molecular weight excluding hydrogens is 254 g/mol. The van der Waals surface area contributed by atoms with Crippen molar-refractivity contribution in [3.63, 3.8) is 0 Å². The summed E-state index contributed by atoms with van der Waals surface area (Å²) >= 11 is 5.40. The second-order valence-corrected chi connectivity index (χ2v) is 5.88. The van der Waals surface area contributed by atoms with Crippen LogP contribution in [0.1, 0.15) is 38.7 Å². The molecule has 19 heavy (non-hydrogen) atoms. The number of rotatable bonds is 2. The minimum Gasteiger partial charge on any atom is -0.332 e. The topological polar surface area (TPSA) is 27.3 Å². The molecule has 1 saturated heterocycles. The molecule has 1 aliphatic rings. The van der Waals surface area contributed by atoms with Gasteiger partial charge in [0.05, 0.1) is 0 Å². The first-order valence-corrected chi connectivity index (χ1v) is 7.39. The third-order valence-electron chi connectivity index (χ3n) is 3.70. The zero-order valence-corrected chi connectivity index (χ0v) is 12.8. The number of hydrazine groups is 1. The number of hydrogen-bond acceptors (Lipinski definition) is 2. The molecule has 1 fully saturated rings. The summed E-state index contributed by atoms with van der Waals surface area (Å²) in [6, 6.07) is 9.30. The van der Waals surface area contributed by atoms with Crippen LogP contribution in [-0.2, 0) is 0 Å². The van der Waals surface area contributed by atoms with Gasteiger partial charge >= 0.3 is 0 Å². The molecule has 2 unspecified atom stereocenters. The van der Waals surface area contributed by atoms with Crippen LogP contribution in [-0.4, -0.2) is 22.2 Å². The van der Waals surface area contributed by atoms with Gasteiger partial charge in [0.25, 0.3) is 0 Å². The average molecular weight is 277 g/mol. The van der Waals surface area contributed by atoms with E-state index in [0.717, 1.165) is 5.69 Å². The standard InChI is InChI=1S/C15H23N3S/c1-11-6-4-9-14(10-11)16-15(19)17-18-12(2)7-5-8-13(18)3/h4,6,9-10,12-13H,5,7-8H2,1-3H3,(H2,16,17,19). The quantitative estimate of drug-likeness (QED) is 0.810. The first-order valence-electron chi connectivity index (χ1n) is 6.99. The number of piperidine rings is 1. The molecule has 0 saturated carbocycles. The van der Waals surface area contributed by atoms with Crippen molar-refractivity contribution in [2.45, 2.75) is 52.1 Å². The Morgan fingerprint density at radius 2 is 1.95 bits per heavy atom. The Morgan fingerprint density at radius 3 is 2.58 bits per heavy atom. The van der Waals surface area contributed by atoms with Crippen LogP contribution in [0, 0.1) is 6.92 Å². The predicted octanol–water partition coefficient (Wildman–Crippen LogP) is 3.46. The molecule has 104 valence electrons. The van der Waals surface area contributed by atoms with E-state index in [9.17, 15) is 0 Å². The van der Waals surface area contributed by atoms with E-state index in [1.807, 2.05) is 12.1 Å². The molecule has 0 spiro atoms. The Balaban J connectivity index is 1.93. The Hall–Kier alpha value is -1.13. The number of aryl methyl sites for hydroxylation is 1. The molecule has 1 aromatic carbocycles. The van der Waals surface area contributed by atoms with Gasteiger partial charge in [-0.05, 0) is 63.5 Å². The average Bonchev–Trinajstić information content (AvgIpc) is 2.34. The lowest BCUT2D eigenvalue weighted by Gasteiger charge is -2.39. The van der Waals surface area contributed by atoms with Crippen LogP contribution in [0.25, 0.3) is 0 Å². The molecule has 4 heteroatoms. The van der Waals surface area contributed by atoms with Crippen molar-refractivity contribution in [2.24, 2.45) is 0 Å². The maximum atomic E-state index is 5.40. The van der Waals surface area contributed by atoms with Gasteiger partial charge in [-0.15, -0.1) is 0 Å². The maximum Gasteiger partial charge on any atom is 0.185 e. The first-order chi connectivity index (χ1) is 9.06. The fourth-order valence-electron chi connectivity index (χ4n) is 2.64. The highest BCUT2D eigenvalue weighted by Crippen LogP contribution is 2.20. The van der Waals surface area contributed by atoms with Gasteiger partial charge in [0.2, 0.25) is 0 Å². The summed E-state index contributed by atoms with van der Waals surface area (Å²) in [5.41, 5.74) is 5.61. The fraction of sp³-hybridized carbons (Fsp3) is 0.533. The van der Waals surface area contributed by atoms with Gasteiger partial charge in [-0.25, -0.2) is 5.01 Å². The molecule has 0 aliphatic carbocycles. The number of benzene rings is 1. The largest absolute Gasteiger partial charge is 0.332 e. The van der Waals surface area contributed by atoms with Crippen LogP contribution < -0.4 is 10.7 Å². The Bertz CT molecular complexity index is 437. The van der Waals surface area contributed by atoms with E-state index in [-0.39, 0.29) is 0 Å². The van der Waals surface area contributed by atoms with Crippen molar-refractivity contribution >= 4 is 23.0 Å². The fourth-order valence-corrected chi connectivity index (χ4v) is 2.86. The molecule has 3 nitrogen and oxygen atoms in total. The molecule has 2 rings (SSSR count). The number of anilines is 1. The van der Waals surface area contributed by atoms with Crippen molar-refractivity contribution < 1.29 is 0 Å². The monoisotopic (exact) mass is 277 g/mol. The summed E-state index contributed by atoms with van der Waals surface area (Å²) in [4.78, 5) is 0. The summed E-state index contributed by atoms with van der Waals surface area (Å²) in [5.74, 6) is 0. The van der Waals surface area contributed by atoms with Crippen LogP contribution >= 0.6 is 12.2 Å². The summed E-state index contributed by atoms with van der Waals surface area (Å²) < 4.78 is 0. The van der Waals surface area contributed by atoms with E-state index >= 15 is 0 Å². The van der Waals surface area contributed by atoms with Crippen molar-refractivity contribution in [2.75, 3.05) is 5.32 Å². The summed E-state index contributed by atoms with van der Waals surface area (Å²) in [6.07, 6.45) is 3.76. The number of thiocarbonyl (C=S) groups is 1. The smallest absolute Gasteiger partial charge is 0.185 e. The third kappa shape index (κ3) is 3.91. The predicted molar refractivity (Wildman–Crippen MR) is 85.1 cm³/mol. The highest BCUT2D eigenvalue weighted by atomic mass is 32.1. The highest BCUT2D eigenvalue weighted by Gasteiger charge is 2.25. The molecular formula is C15H23N3S. The van der Waals surface area contributed by atoms with Gasteiger partial charge in [0, 0.05) is 17.8 Å². The number of nitrogens with one attached hydrogen (secondary N) is 2. The Labute approximate surface area is 121 Å². The molecule has 0 radical (unpaired) electrons. The summed E-state index contributed by atoms with van der Waals surface area (Å²) in [7, 11) is 0. The van der Waals surface area contributed by atoms with Crippen molar-refractivity contribution in [1.29, 1.82) is 0 Å². The number of hydrogen-bond donors (Lipinski definition) is 2. The van der Waals surface area contributed by atoms with Crippen LogP contribution in [0.4, 0.5) is 5.69 Å². The second-order valence-electron chi connectivity index (χ2n) is 5.47. The second kappa shape index (κ2) is 6.35. The van der Waals surface area contributed by atoms with Crippen LogP contribution in [0.2, 0.25) is 0 Å². The van der Waals surface area contributed by atoms with E-state index in [2.05, 4.69) is 48.7 Å². The molecule has 1 heterocycles. The summed E-state index contributed by atoms with van der Waals surface area (Å²) in [5, 5.41) is 6.19. The van der Waals surface area contributed by atoms with Crippen LogP contribution in [0.3, 0.4) is 0 Å². The minimum absolute atomic E-state index is 0.529. The lowest BCUT2D eigenvalue weighted by atomic mass is 10.00. The summed E-state index contributed by atoms with van der Waals surface area (Å²) in [6.45, 7) is 6.58. The number of nitrogens with zero attached hydrogens (tertiary/aromatic N) is 1. The van der Waals surface area contributed by atoms with Crippen molar-refractivity contribution in [3.05, 3.63) is 29.8 Å². The zero-order valence-electron chi connectivity index (χ0n) is 11.9. The molecule has 2 N–H and O–H groups in total. The lowest BCUT2D eigenvalue weighted by Crippen LogP contribution is -2.55. The van der Waals surface area contributed by atoms with E-state index in [1.165, 1.54) is 24.8 Å². The van der Waals surface area contributed by atoms with E-state index in [1.54, 1.807) is 0 Å². The van der Waals surface area contributed by atoms with Gasteiger partial charge in [-0.2, -0.15) is 0 Å². The molecule has 0 aromatic heterocycles. The minimum atomic E-state index is 0.529. The lowest BCUT2D eigenvalue weighted by molar-refractivity contribution is 0.0750. The van der Waals surface area contributed by atoms with Gasteiger partial charge in [0.15, 0.2) is 5.11 Å². The Morgan fingerprint density at radius 1 is 1.26 bits per heavy atom. The van der Waals surface area contributed by atoms with Gasteiger partial charge < -0.3 is 5.32 Å². The molecule has 2 atom stereocenters. The van der Waals surface area contributed by atoms with Crippen LogP contribution in [0.15, 0.2) is 24.3 Å². The molecule has 1 aromatic rings. The molecule has 0 amide bonds. The van der Waals surface area contributed by atoms with Gasteiger partial charge in [0.1, 0.15) is 0 Å². The third-order valence-corrected chi connectivity index (χ3v) is 3.89. The maximum absolute atomic E-state index is 5.40. The van der Waals surface area contributed by atoms with E-state index in [4.69, 9.17) is 12.2 Å². The molecule has 1 aliphatic heterocycles. The normalized spacial score (nSPS) is 23.9. The Kier molecular flexibility index (Phi) is 4.77. The van der Waals surface area contributed by atoms with E-state index in [0.29, 0.717) is 17.2 Å². The SMILES string of the molecule is Cc1cccc(NC(=S)NN2C(C)CCCC2C)c1. The highest BCUT2D eigenvalue weighted by molar-refractivity contribution is 7.80.